The maximum absolute atomic E-state index is 5.89. The standard InChI is InChI=1S/C17H28N2O2/c1-14-5-6-15(2)17(11-14)21-9-4-8-19(3)13-16-12-18-7-10-20-16/h5-6,11,16,18H,4,7-10,12-13H2,1-3H3. The van der Waals surface area contributed by atoms with Crippen molar-refractivity contribution >= 4 is 0 Å². The van der Waals surface area contributed by atoms with E-state index in [-0.39, 0.29) is 0 Å². The van der Waals surface area contributed by atoms with E-state index in [2.05, 4.69) is 49.3 Å². The fourth-order valence-electron chi connectivity index (χ4n) is 2.56. The second kappa shape index (κ2) is 8.37. The van der Waals surface area contributed by atoms with Gasteiger partial charge in [-0.25, -0.2) is 0 Å². The molecule has 0 aromatic heterocycles. The lowest BCUT2D eigenvalue weighted by molar-refractivity contribution is 0.00950. The average Bonchev–Trinajstić information content (AvgIpc) is 2.48. The molecule has 0 aliphatic carbocycles. The number of aryl methyl sites for hydroxylation is 2. The number of hydrogen-bond acceptors (Lipinski definition) is 4. The Kier molecular flexibility index (Phi) is 6.49. The van der Waals surface area contributed by atoms with Gasteiger partial charge in [0.25, 0.3) is 0 Å². The fraction of sp³-hybridized carbons (Fsp3) is 0.647. The van der Waals surface area contributed by atoms with Crippen molar-refractivity contribution in [2.75, 3.05) is 46.4 Å². The van der Waals surface area contributed by atoms with E-state index in [9.17, 15) is 0 Å². The summed E-state index contributed by atoms with van der Waals surface area (Å²) in [5.74, 6) is 1.01. The number of hydrogen-bond donors (Lipinski definition) is 1. The van der Waals surface area contributed by atoms with Crippen molar-refractivity contribution in [2.24, 2.45) is 0 Å². The highest BCUT2D eigenvalue weighted by atomic mass is 16.5. The summed E-state index contributed by atoms with van der Waals surface area (Å²) >= 11 is 0. The number of likely N-dealkylation sites (N-methyl/N-ethyl adjacent to an activating group) is 1. The topological polar surface area (TPSA) is 33.7 Å². The lowest BCUT2D eigenvalue weighted by Gasteiger charge is -2.28. The van der Waals surface area contributed by atoms with Crippen molar-refractivity contribution in [3.63, 3.8) is 0 Å². The van der Waals surface area contributed by atoms with Gasteiger partial charge < -0.3 is 19.7 Å². The second-order valence-corrected chi connectivity index (χ2v) is 5.93. The Morgan fingerprint density at radius 1 is 1.38 bits per heavy atom. The van der Waals surface area contributed by atoms with Gasteiger partial charge >= 0.3 is 0 Å². The molecule has 0 radical (unpaired) electrons. The van der Waals surface area contributed by atoms with Gasteiger partial charge in [0.15, 0.2) is 0 Å². The Bertz CT molecular complexity index is 431. The van der Waals surface area contributed by atoms with Crippen LogP contribution in [0.4, 0.5) is 0 Å². The normalized spacial score (nSPS) is 19.0. The lowest BCUT2D eigenvalue weighted by Crippen LogP contribution is -2.44. The summed E-state index contributed by atoms with van der Waals surface area (Å²) in [5, 5.41) is 3.36. The zero-order valence-corrected chi connectivity index (χ0v) is 13.5. The molecule has 2 rings (SSSR count). The third kappa shape index (κ3) is 5.65. The average molecular weight is 292 g/mol. The smallest absolute Gasteiger partial charge is 0.122 e. The van der Waals surface area contributed by atoms with Crippen molar-refractivity contribution in [3.8, 4) is 5.75 Å². The quantitative estimate of drug-likeness (QED) is 0.779. The van der Waals surface area contributed by atoms with Gasteiger partial charge in [-0.1, -0.05) is 12.1 Å². The van der Waals surface area contributed by atoms with E-state index in [1.807, 2.05) is 0 Å². The third-order valence-corrected chi connectivity index (χ3v) is 3.81. The summed E-state index contributed by atoms with van der Waals surface area (Å²) in [5.41, 5.74) is 2.45. The summed E-state index contributed by atoms with van der Waals surface area (Å²) < 4.78 is 11.6. The Balaban J connectivity index is 1.63. The van der Waals surface area contributed by atoms with Crippen LogP contribution < -0.4 is 10.1 Å². The lowest BCUT2D eigenvalue weighted by atomic mass is 10.1. The van der Waals surface area contributed by atoms with Crippen LogP contribution in [0.1, 0.15) is 17.5 Å². The molecule has 1 aliphatic rings. The van der Waals surface area contributed by atoms with Crippen molar-refractivity contribution in [1.29, 1.82) is 0 Å². The molecular weight excluding hydrogens is 264 g/mol. The van der Waals surface area contributed by atoms with Gasteiger partial charge in [-0.2, -0.15) is 0 Å². The van der Waals surface area contributed by atoms with E-state index >= 15 is 0 Å². The Morgan fingerprint density at radius 2 is 2.24 bits per heavy atom. The van der Waals surface area contributed by atoms with Crippen LogP contribution in [0.3, 0.4) is 0 Å². The minimum absolute atomic E-state index is 0.323. The number of rotatable bonds is 7. The highest BCUT2D eigenvalue weighted by Crippen LogP contribution is 2.19. The van der Waals surface area contributed by atoms with Crippen molar-refractivity contribution < 1.29 is 9.47 Å². The molecule has 1 saturated heterocycles. The molecule has 1 aliphatic heterocycles. The van der Waals surface area contributed by atoms with Crippen molar-refractivity contribution in [2.45, 2.75) is 26.4 Å². The Morgan fingerprint density at radius 3 is 3.00 bits per heavy atom. The molecule has 1 atom stereocenters. The van der Waals surface area contributed by atoms with Gasteiger partial charge in [0, 0.05) is 26.2 Å². The van der Waals surface area contributed by atoms with Crippen LogP contribution in [-0.2, 0) is 4.74 Å². The molecule has 0 amide bonds. The molecule has 21 heavy (non-hydrogen) atoms. The van der Waals surface area contributed by atoms with Crippen LogP contribution in [0, 0.1) is 13.8 Å². The van der Waals surface area contributed by atoms with Crippen molar-refractivity contribution in [3.05, 3.63) is 29.3 Å². The van der Waals surface area contributed by atoms with Gasteiger partial charge in [0.1, 0.15) is 5.75 Å². The molecule has 1 aromatic rings. The minimum atomic E-state index is 0.323. The first-order valence-corrected chi connectivity index (χ1v) is 7.86. The monoisotopic (exact) mass is 292 g/mol. The Labute approximate surface area is 128 Å². The maximum Gasteiger partial charge on any atom is 0.122 e. The molecule has 118 valence electrons. The second-order valence-electron chi connectivity index (χ2n) is 5.93. The summed E-state index contributed by atoms with van der Waals surface area (Å²) in [6.45, 7) is 9.73. The van der Waals surface area contributed by atoms with Crippen LogP contribution in [0.5, 0.6) is 5.75 Å². The fourth-order valence-corrected chi connectivity index (χ4v) is 2.56. The molecule has 0 saturated carbocycles. The summed E-state index contributed by atoms with van der Waals surface area (Å²) in [6, 6.07) is 6.35. The van der Waals surface area contributed by atoms with E-state index in [0.717, 1.165) is 51.6 Å². The van der Waals surface area contributed by atoms with Crippen LogP contribution in [0.2, 0.25) is 0 Å². The van der Waals surface area contributed by atoms with Crippen LogP contribution in [0.25, 0.3) is 0 Å². The van der Waals surface area contributed by atoms with Gasteiger partial charge in [0.05, 0.1) is 19.3 Å². The highest BCUT2D eigenvalue weighted by Gasteiger charge is 2.15. The summed E-state index contributed by atoms with van der Waals surface area (Å²) in [4.78, 5) is 2.32. The molecule has 0 spiro atoms. The van der Waals surface area contributed by atoms with E-state index in [1.165, 1.54) is 11.1 Å². The predicted molar refractivity (Wildman–Crippen MR) is 86.1 cm³/mol. The first-order chi connectivity index (χ1) is 10.1. The largest absolute Gasteiger partial charge is 0.493 e. The molecule has 4 heteroatoms. The number of morpholine rings is 1. The molecule has 0 bridgehead atoms. The first kappa shape index (κ1) is 16.3. The summed E-state index contributed by atoms with van der Waals surface area (Å²) in [7, 11) is 2.15. The van der Waals surface area contributed by atoms with E-state index in [4.69, 9.17) is 9.47 Å². The number of nitrogens with zero attached hydrogens (tertiary/aromatic N) is 1. The molecular formula is C17H28N2O2. The molecule has 4 nitrogen and oxygen atoms in total. The van der Waals surface area contributed by atoms with E-state index < -0.39 is 0 Å². The van der Waals surface area contributed by atoms with Crippen LogP contribution in [-0.4, -0.2) is 57.4 Å². The van der Waals surface area contributed by atoms with E-state index in [0.29, 0.717) is 6.10 Å². The maximum atomic E-state index is 5.89. The van der Waals surface area contributed by atoms with Gasteiger partial charge in [0.2, 0.25) is 0 Å². The van der Waals surface area contributed by atoms with Crippen LogP contribution >= 0.6 is 0 Å². The zero-order chi connectivity index (χ0) is 15.1. The number of benzene rings is 1. The van der Waals surface area contributed by atoms with Crippen molar-refractivity contribution in [1.82, 2.24) is 10.2 Å². The van der Waals surface area contributed by atoms with E-state index in [1.54, 1.807) is 0 Å². The van der Waals surface area contributed by atoms with Gasteiger partial charge in [-0.3, -0.25) is 0 Å². The zero-order valence-electron chi connectivity index (χ0n) is 13.5. The molecule has 1 fully saturated rings. The van der Waals surface area contributed by atoms with Crippen LogP contribution in [0.15, 0.2) is 18.2 Å². The summed E-state index contributed by atoms with van der Waals surface area (Å²) in [6.07, 6.45) is 1.35. The Hall–Kier alpha value is -1.10. The minimum Gasteiger partial charge on any atom is -0.493 e. The highest BCUT2D eigenvalue weighted by molar-refractivity contribution is 5.35. The SMILES string of the molecule is Cc1ccc(C)c(OCCCN(C)CC2CNCCO2)c1. The third-order valence-electron chi connectivity index (χ3n) is 3.81. The molecule has 1 N–H and O–H groups in total. The molecule has 1 unspecified atom stereocenters. The van der Waals surface area contributed by atoms with Gasteiger partial charge in [-0.05, 0) is 44.5 Å². The molecule has 1 heterocycles. The number of nitrogens with one attached hydrogen (secondary N) is 1. The predicted octanol–water partition coefficient (Wildman–Crippen LogP) is 1.99. The van der Waals surface area contributed by atoms with Gasteiger partial charge in [-0.15, -0.1) is 0 Å². The first-order valence-electron chi connectivity index (χ1n) is 7.86. The molecule has 1 aromatic carbocycles. The number of ether oxygens (including phenoxy) is 2.